The van der Waals surface area contributed by atoms with Gasteiger partial charge in [0.25, 0.3) is 0 Å². The monoisotopic (exact) mass is 339 g/mol. The fourth-order valence-electron chi connectivity index (χ4n) is 2.44. The highest BCUT2D eigenvalue weighted by atomic mass is 16.5. The van der Waals surface area contributed by atoms with Crippen molar-refractivity contribution in [1.29, 1.82) is 0 Å². The number of hydrogen-bond donors (Lipinski definition) is 1. The van der Waals surface area contributed by atoms with Crippen LogP contribution in [0.4, 0.5) is 5.69 Å². The lowest BCUT2D eigenvalue weighted by molar-refractivity contribution is -0.116. The van der Waals surface area contributed by atoms with E-state index < -0.39 is 5.97 Å². The highest BCUT2D eigenvalue weighted by molar-refractivity contribution is 6.03. The van der Waals surface area contributed by atoms with Gasteiger partial charge in [-0.1, -0.05) is 36.4 Å². The largest absolute Gasteiger partial charge is 0.462 e. The van der Waals surface area contributed by atoms with Crippen molar-refractivity contribution >= 4 is 23.3 Å². The Hall–Kier alpha value is -2.95. The van der Waals surface area contributed by atoms with Gasteiger partial charge in [-0.2, -0.15) is 0 Å². The zero-order valence-electron chi connectivity index (χ0n) is 14.4. The fourth-order valence-corrected chi connectivity index (χ4v) is 2.44. The van der Waals surface area contributed by atoms with E-state index in [1.165, 1.54) is 0 Å². The molecule has 0 aliphatic rings. The van der Waals surface area contributed by atoms with Crippen molar-refractivity contribution in [2.45, 2.75) is 26.7 Å². The topological polar surface area (TPSA) is 72.5 Å². The van der Waals surface area contributed by atoms with E-state index in [0.29, 0.717) is 16.8 Å². The summed E-state index contributed by atoms with van der Waals surface area (Å²) in [4.78, 5) is 36.3. The lowest BCUT2D eigenvalue weighted by Crippen LogP contribution is -2.17. The number of amides is 1. The van der Waals surface area contributed by atoms with Gasteiger partial charge in [-0.15, -0.1) is 0 Å². The van der Waals surface area contributed by atoms with Gasteiger partial charge in [-0.3, -0.25) is 9.59 Å². The van der Waals surface area contributed by atoms with E-state index in [9.17, 15) is 14.4 Å². The molecule has 0 aliphatic heterocycles. The Bertz CT molecular complexity index is 783. The summed E-state index contributed by atoms with van der Waals surface area (Å²) in [5.74, 6) is -0.889. The van der Waals surface area contributed by atoms with Crippen molar-refractivity contribution in [1.82, 2.24) is 0 Å². The van der Waals surface area contributed by atoms with E-state index in [-0.39, 0.29) is 31.1 Å². The summed E-state index contributed by atoms with van der Waals surface area (Å²) in [5, 5.41) is 2.68. The minimum absolute atomic E-state index is 0.0460. The number of ketones is 1. The quantitative estimate of drug-likeness (QED) is 0.615. The third-order valence-electron chi connectivity index (χ3n) is 3.72. The molecular weight excluding hydrogens is 318 g/mol. The molecule has 25 heavy (non-hydrogen) atoms. The highest BCUT2D eigenvalue weighted by Crippen LogP contribution is 2.17. The van der Waals surface area contributed by atoms with Gasteiger partial charge in [0.05, 0.1) is 17.9 Å². The van der Waals surface area contributed by atoms with Gasteiger partial charge < -0.3 is 10.1 Å². The molecule has 0 aromatic heterocycles. The molecule has 0 bridgehead atoms. The van der Waals surface area contributed by atoms with Crippen LogP contribution in [0.3, 0.4) is 0 Å². The standard InChI is InChI=1S/C20H21NO4/c1-3-25-20(24)16-10-6-7-11-17(16)21-19(23)13-12-18(22)15-9-5-4-8-14(15)2/h4-11H,3,12-13H2,1-2H3,(H,21,23). The third-order valence-corrected chi connectivity index (χ3v) is 3.72. The number of para-hydroxylation sites is 1. The molecule has 1 amide bonds. The summed E-state index contributed by atoms with van der Waals surface area (Å²) in [6.07, 6.45) is 0.155. The van der Waals surface area contributed by atoms with Crippen LogP contribution in [0.15, 0.2) is 48.5 Å². The van der Waals surface area contributed by atoms with Gasteiger partial charge >= 0.3 is 5.97 Å². The Morgan fingerprint density at radius 3 is 2.24 bits per heavy atom. The van der Waals surface area contributed by atoms with Crippen molar-refractivity contribution in [3.63, 3.8) is 0 Å². The zero-order valence-corrected chi connectivity index (χ0v) is 14.4. The zero-order chi connectivity index (χ0) is 18.2. The van der Waals surface area contributed by atoms with E-state index in [1.807, 2.05) is 19.1 Å². The molecule has 2 aromatic rings. The Labute approximate surface area is 147 Å². The van der Waals surface area contributed by atoms with Gasteiger partial charge in [-0.05, 0) is 31.5 Å². The normalized spacial score (nSPS) is 10.2. The third kappa shape index (κ3) is 5.01. The molecule has 0 unspecified atom stereocenters. The number of nitrogens with one attached hydrogen (secondary N) is 1. The predicted molar refractivity (Wildman–Crippen MR) is 95.8 cm³/mol. The van der Waals surface area contributed by atoms with Gasteiger partial charge in [0.1, 0.15) is 0 Å². The van der Waals surface area contributed by atoms with Crippen LogP contribution in [0.2, 0.25) is 0 Å². The minimum atomic E-state index is -0.491. The molecule has 0 saturated heterocycles. The second kappa shape index (κ2) is 8.78. The van der Waals surface area contributed by atoms with Gasteiger partial charge in [0.15, 0.2) is 5.78 Å². The van der Waals surface area contributed by atoms with E-state index >= 15 is 0 Å². The summed E-state index contributed by atoms with van der Waals surface area (Å²) in [5.41, 5.74) is 2.19. The number of Topliss-reactive ketones (excluding diaryl/α,β-unsaturated/α-hetero) is 1. The lowest BCUT2D eigenvalue weighted by Gasteiger charge is -2.10. The van der Waals surface area contributed by atoms with Crippen LogP contribution in [0.25, 0.3) is 0 Å². The maximum Gasteiger partial charge on any atom is 0.340 e. The number of hydrogen-bond acceptors (Lipinski definition) is 4. The maximum atomic E-state index is 12.2. The molecule has 1 N–H and O–H groups in total. The van der Waals surface area contributed by atoms with Crippen molar-refractivity contribution in [2.24, 2.45) is 0 Å². The van der Waals surface area contributed by atoms with E-state index in [2.05, 4.69) is 5.32 Å². The summed E-state index contributed by atoms with van der Waals surface area (Å²) in [6, 6.07) is 13.9. The number of rotatable bonds is 7. The molecule has 5 nitrogen and oxygen atoms in total. The van der Waals surface area contributed by atoms with Gasteiger partial charge in [-0.25, -0.2) is 4.79 Å². The number of aryl methyl sites for hydroxylation is 1. The highest BCUT2D eigenvalue weighted by Gasteiger charge is 2.15. The molecule has 0 fully saturated rings. The summed E-state index contributed by atoms with van der Waals surface area (Å²) >= 11 is 0. The average Bonchev–Trinajstić information content (AvgIpc) is 2.60. The second-order valence-corrected chi connectivity index (χ2v) is 5.55. The van der Waals surface area contributed by atoms with Crippen LogP contribution in [0, 0.1) is 6.92 Å². The smallest absolute Gasteiger partial charge is 0.340 e. The first-order valence-electron chi connectivity index (χ1n) is 8.17. The van der Waals surface area contributed by atoms with Crippen molar-refractivity contribution in [3.8, 4) is 0 Å². The first kappa shape index (κ1) is 18.4. The van der Waals surface area contributed by atoms with Gasteiger partial charge in [0, 0.05) is 18.4 Å². The van der Waals surface area contributed by atoms with Crippen molar-refractivity contribution < 1.29 is 19.1 Å². The van der Waals surface area contributed by atoms with Crippen LogP contribution in [0.1, 0.15) is 46.0 Å². The van der Waals surface area contributed by atoms with E-state index in [0.717, 1.165) is 5.56 Å². The van der Waals surface area contributed by atoms with Crippen LogP contribution in [-0.2, 0) is 9.53 Å². The predicted octanol–water partition coefficient (Wildman–Crippen LogP) is 3.77. The fraction of sp³-hybridized carbons (Fsp3) is 0.250. The number of carbonyl (C=O) groups excluding carboxylic acids is 3. The summed E-state index contributed by atoms with van der Waals surface area (Å²) in [6.45, 7) is 3.84. The number of esters is 1. The lowest BCUT2D eigenvalue weighted by atomic mass is 10.0. The minimum Gasteiger partial charge on any atom is -0.462 e. The molecule has 0 atom stereocenters. The van der Waals surface area contributed by atoms with Crippen LogP contribution in [0.5, 0.6) is 0 Å². The molecule has 0 aliphatic carbocycles. The maximum absolute atomic E-state index is 12.2. The SMILES string of the molecule is CCOC(=O)c1ccccc1NC(=O)CCC(=O)c1ccccc1C. The molecule has 0 radical (unpaired) electrons. The molecular formula is C20H21NO4. The number of carbonyl (C=O) groups is 3. The number of ether oxygens (including phenoxy) is 1. The molecule has 130 valence electrons. The summed E-state index contributed by atoms with van der Waals surface area (Å²) < 4.78 is 4.98. The number of benzene rings is 2. The molecule has 2 rings (SSSR count). The molecule has 2 aromatic carbocycles. The Morgan fingerprint density at radius 2 is 1.56 bits per heavy atom. The summed E-state index contributed by atoms with van der Waals surface area (Å²) in [7, 11) is 0. The molecule has 0 saturated carbocycles. The van der Waals surface area contributed by atoms with Crippen LogP contribution >= 0.6 is 0 Å². The first-order chi connectivity index (χ1) is 12.0. The first-order valence-corrected chi connectivity index (χ1v) is 8.17. The average molecular weight is 339 g/mol. The Morgan fingerprint density at radius 1 is 0.920 bits per heavy atom. The molecule has 0 spiro atoms. The van der Waals surface area contributed by atoms with E-state index in [1.54, 1.807) is 43.3 Å². The number of anilines is 1. The Kier molecular flexibility index (Phi) is 6.46. The van der Waals surface area contributed by atoms with Crippen molar-refractivity contribution in [3.05, 3.63) is 65.2 Å². The second-order valence-electron chi connectivity index (χ2n) is 5.55. The van der Waals surface area contributed by atoms with Crippen molar-refractivity contribution in [2.75, 3.05) is 11.9 Å². The van der Waals surface area contributed by atoms with Crippen LogP contribution < -0.4 is 5.32 Å². The van der Waals surface area contributed by atoms with Crippen LogP contribution in [-0.4, -0.2) is 24.3 Å². The molecule has 0 heterocycles. The van der Waals surface area contributed by atoms with E-state index in [4.69, 9.17) is 4.74 Å². The molecule has 5 heteroatoms. The Balaban J connectivity index is 1.98. The van der Waals surface area contributed by atoms with Gasteiger partial charge in [0.2, 0.25) is 5.91 Å².